The maximum atomic E-state index is 3.97. The quantitative estimate of drug-likeness (QED) is 0.435. The van der Waals surface area contributed by atoms with Gasteiger partial charge in [0.05, 0.1) is 26.7 Å². The monoisotopic (exact) mass is 166 g/mol. The van der Waals surface area contributed by atoms with E-state index in [-0.39, 0.29) is 0 Å². The highest BCUT2D eigenvalue weighted by Gasteiger charge is 2.59. The zero-order valence-electron chi connectivity index (χ0n) is 8.34. The van der Waals surface area contributed by atoms with Gasteiger partial charge < -0.3 is 4.48 Å². The van der Waals surface area contributed by atoms with Crippen molar-refractivity contribution < 1.29 is 4.48 Å². The lowest BCUT2D eigenvalue weighted by Crippen LogP contribution is -2.41. The topological polar surface area (TPSA) is 0 Å². The lowest BCUT2D eigenvalue weighted by Gasteiger charge is -2.28. The predicted octanol–water partition coefficient (Wildman–Crippen LogP) is 2.05. The highest BCUT2D eigenvalue weighted by atomic mass is 15.4. The molecule has 0 bridgehead atoms. The van der Waals surface area contributed by atoms with Gasteiger partial charge in [-0.15, -0.1) is 6.58 Å². The fourth-order valence-corrected chi connectivity index (χ4v) is 2.87. The van der Waals surface area contributed by atoms with Crippen LogP contribution in [0.2, 0.25) is 0 Å². The van der Waals surface area contributed by atoms with Gasteiger partial charge in [0.15, 0.2) is 0 Å². The van der Waals surface area contributed by atoms with Gasteiger partial charge in [-0.1, -0.05) is 6.08 Å². The van der Waals surface area contributed by atoms with Crippen LogP contribution in [0.15, 0.2) is 12.7 Å². The minimum absolute atomic E-state index is 0.701. The van der Waals surface area contributed by atoms with Gasteiger partial charge in [0.25, 0.3) is 0 Å². The number of rotatable bonds is 2. The maximum absolute atomic E-state index is 3.97. The Labute approximate surface area is 75.7 Å². The van der Waals surface area contributed by atoms with E-state index in [1.165, 1.54) is 37.0 Å². The molecule has 2 atom stereocenters. The van der Waals surface area contributed by atoms with E-state index in [2.05, 4.69) is 26.6 Å². The normalized spacial score (nSPS) is 43.3. The van der Waals surface area contributed by atoms with E-state index in [9.17, 15) is 0 Å². The minimum Gasteiger partial charge on any atom is -0.325 e. The number of quaternary nitrogens is 1. The van der Waals surface area contributed by atoms with Gasteiger partial charge in [-0.05, 0) is 19.8 Å². The lowest BCUT2D eigenvalue weighted by molar-refractivity contribution is -0.898. The third-order valence-electron chi connectivity index (χ3n) is 4.06. The molecule has 1 spiro atoms. The molecule has 68 valence electrons. The lowest BCUT2D eigenvalue weighted by atomic mass is 9.93. The second-order valence-electron chi connectivity index (χ2n) is 4.98. The van der Waals surface area contributed by atoms with Crippen molar-refractivity contribution in [2.45, 2.75) is 19.8 Å². The smallest absolute Gasteiger partial charge is 0.0855 e. The summed E-state index contributed by atoms with van der Waals surface area (Å²) in [5, 5.41) is 0. The number of likely N-dealkylation sites (tertiary alicyclic amines) is 1. The van der Waals surface area contributed by atoms with Crippen molar-refractivity contribution >= 4 is 0 Å². The van der Waals surface area contributed by atoms with Crippen molar-refractivity contribution in [3.63, 3.8) is 0 Å². The molecule has 1 heterocycles. The molecule has 2 rings (SSSR count). The predicted molar refractivity (Wildman–Crippen MR) is 51.8 cm³/mol. The molecule has 0 aromatic heterocycles. The molecule has 12 heavy (non-hydrogen) atoms. The average Bonchev–Trinajstić information content (AvgIpc) is 2.73. The molecule has 1 aliphatic heterocycles. The molecular weight excluding hydrogens is 146 g/mol. The van der Waals surface area contributed by atoms with Gasteiger partial charge in [-0.25, -0.2) is 0 Å². The van der Waals surface area contributed by atoms with Crippen molar-refractivity contribution in [1.29, 1.82) is 0 Å². The molecule has 0 amide bonds. The number of nitrogens with zero attached hydrogens (tertiary/aromatic N) is 1. The van der Waals surface area contributed by atoms with Crippen LogP contribution in [-0.4, -0.2) is 31.2 Å². The first-order valence-corrected chi connectivity index (χ1v) is 5.10. The van der Waals surface area contributed by atoms with E-state index < -0.39 is 0 Å². The molecule has 0 aromatic rings. The van der Waals surface area contributed by atoms with Gasteiger partial charge in [-0.3, -0.25) is 0 Å². The van der Waals surface area contributed by atoms with Crippen LogP contribution < -0.4 is 0 Å². The summed E-state index contributed by atoms with van der Waals surface area (Å²) >= 11 is 0. The van der Waals surface area contributed by atoms with Crippen molar-refractivity contribution in [3.8, 4) is 0 Å². The highest BCUT2D eigenvalue weighted by Crippen LogP contribution is 2.58. The summed E-state index contributed by atoms with van der Waals surface area (Å²) in [6, 6.07) is 0. The van der Waals surface area contributed by atoms with Gasteiger partial charge >= 0.3 is 0 Å². The molecule has 0 N–H and O–H groups in total. The SMILES string of the molecule is C=CC1C[N+](C)(CC)CC12CC2. The third kappa shape index (κ3) is 1.03. The largest absolute Gasteiger partial charge is 0.325 e. The molecule has 0 radical (unpaired) electrons. The van der Waals surface area contributed by atoms with Gasteiger partial charge in [0.1, 0.15) is 0 Å². The van der Waals surface area contributed by atoms with Crippen molar-refractivity contribution in [3.05, 3.63) is 12.7 Å². The molecule has 1 saturated carbocycles. The maximum Gasteiger partial charge on any atom is 0.0855 e. The van der Waals surface area contributed by atoms with E-state index >= 15 is 0 Å². The Balaban J connectivity index is 2.16. The van der Waals surface area contributed by atoms with Gasteiger partial charge in [0, 0.05) is 11.3 Å². The van der Waals surface area contributed by atoms with Crippen molar-refractivity contribution in [1.82, 2.24) is 0 Å². The first-order chi connectivity index (χ1) is 5.64. The summed E-state index contributed by atoms with van der Waals surface area (Å²) < 4.78 is 1.27. The van der Waals surface area contributed by atoms with Crippen LogP contribution in [0.4, 0.5) is 0 Å². The van der Waals surface area contributed by atoms with Crippen LogP contribution in [0.25, 0.3) is 0 Å². The Hall–Kier alpha value is -0.300. The van der Waals surface area contributed by atoms with E-state index in [0.717, 1.165) is 5.92 Å². The van der Waals surface area contributed by atoms with E-state index in [1.807, 2.05) is 0 Å². The second kappa shape index (κ2) is 2.35. The first-order valence-electron chi connectivity index (χ1n) is 5.10. The van der Waals surface area contributed by atoms with Crippen LogP contribution in [0.5, 0.6) is 0 Å². The van der Waals surface area contributed by atoms with Crippen LogP contribution in [0, 0.1) is 11.3 Å². The second-order valence-corrected chi connectivity index (χ2v) is 4.98. The molecule has 1 heteroatoms. The third-order valence-corrected chi connectivity index (χ3v) is 4.06. The van der Waals surface area contributed by atoms with Crippen molar-refractivity contribution in [2.24, 2.45) is 11.3 Å². The van der Waals surface area contributed by atoms with Crippen LogP contribution >= 0.6 is 0 Å². The van der Waals surface area contributed by atoms with Crippen LogP contribution in [0.3, 0.4) is 0 Å². The molecule has 2 unspecified atom stereocenters. The number of hydrogen-bond acceptors (Lipinski definition) is 0. The molecule has 2 aliphatic rings. The Morgan fingerprint density at radius 1 is 1.58 bits per heavy atom. The van der Waals surface area contributed by atoms with E-state index in [0.29, 0.717) is 5.41 Å². The summed E-state index contributed by atoms with van der Waals surface area (Å²) in [5.74, 6) is 0.808. The molecule has 2 fully saturated rings. The van der Waals surface area contributed by atoms with Crippen LogP contribution in [-0.2, 0) is 0 Å². The minimum atomic E-state index is 0.701. The zero-order chi connectivity index (χ0) is 8.82. The standard InChI is InChI=1S/C11H20N/c1-4-10-8-12(3,5-2)9-11(10)6-7-11/h4,10H,1,5-9H2,2-3H3/q+1. The highest BCUT2D eigenvalue weighted by molar-refractivity contribution is 5.07. The summed E-state index contributed by atoms with van der Waals surface area (Å²) in [5.41, 5.74) is 0.701. The Morgan fingerprint density at radius 2 is 2.25 bits per heavy atom. The fraction of sp³-hybridized carbons (Fsp3) is 0.818. The van der Waals surface area contributed by atoms with Crippen molar-refractivity contribution in [2.75, 3.05) is 26.7 Å². The number of hydrogen-bond donors (Lipinski definition) is 0. The zero-order valence-corrected chi connectivity index (χ0v) is 8.34. The Kier molecular flexibility index (Phi) is 1.63. The fourth-order valence-electron chi connectivity index (χ4n) is 2.87. The van der Waals surface area contributed by atoms with Crippen LogP contribution in [0.1, 0.15) is 19.8 Å². The van der Waals surface area contributed by atoms with Gasteiger partial charge in [0.2, 0.25) is 0 Å². The van der Waals surface area contributed by atoms with E-state index in [4.69, 9.17) is 0 Å². The average molecular weight is 166 g/mol. The molecule has 1 saturated heterocycles. The summed E-state index contributed by atoms with van der Waals surface area (Å²) in [6.45, 7) is 10.3. The molecule has 0 aromatic carbocycles. The summed E-state index contributed by atoms with van der Waals surface area (Å²) in [6.07, 6.45) is 5.11. The van der Waals surface area contributed by atoms with E-state index in [1.54, 1.807) is 0 Å². The van der Waals surface area contributed by atoms with Gasteiger partial charge in [-0.2, -0.15) is 0 Å². The Bertz CT molecular complexity index is 205. The molecular formula is C11H20N+. The Morgan fingerprint density at radius 3 is 2.58 bits per heavy atom. The molecule has 1 nitrogen and oxygen atoms in total. The summed E-state index contributed by atoms with van der Waals surface area (Å²) in [7, 11) is 2.39. The first kappa shape index (κ1) is 8.31. The molecule has 1 aliphatic carbocycles. The summed E-state index contributed by atoms with van der Waals surface area (Å²) in [4.78, 5) is 0.